The number of carbonyl (C=O) groups is 2. The molecule has 1 atom stereocenters. The number of rotatable bonds is 6. The van der Waals surface area contributed by atoms with Crippen molar-refractivity contribution >= 4 is 23.2 Å². The van der Waals surface area contributed by atoms with Gasteiger partial charge in [0.1, 0.15) is 6.04 Å². The zero-order valence-electron chi connectivity index (χ0n) is 11.6. The van der Waals surface area contributed by atoms with Gasteiger partial charge in [-0.15, -0.1) is 11.3 Å². The summed E-state index contributed by atoms with van der Waals surface area (Å²) in [7, 11) is 0. The Morgan fingerprint density at radius 2 is 2.20 bits per heavy atom. The molecule has 0 radical (unpaired) electrons. The fourth-order valence-electron chi connectivity index (χ4n) is 2.43. The van der Waals surface area contributed by atoms with Crippen LogP contribution in [-0.2, 0) is 22.6 Å². The first-order valence-electron chi connectivity index (χ1n) is 6.91. The molecule has 2 heterocycles. The molecule has 0 saturated carbocycles. The van der Waals surface area contributed by atoms with Crippen molar-refractivity contribution in [1.82, 2.24) is 10.2 Å². The molecule has 6 heteroatoms. The predicted octanol–water partition coefficient (Wildman–Crippen LogP) is 1.48. The lowest BCUT2D eigenvalue weighted by atomic mass is 10.2. The first-order chi connectivity index (χ1) is 9.60. The number of carboxylic acids is 1. The average molecular weight is 296 g/mol. The van der Waals surface area contributed by atoms with Gasteiger partial charge in [0.15, 0.2) is 0 Å². The Morgan fingerprint density at radius 1 is 1.45 bits per heavy atom. The summed E-state index contributed by atoms with van der Waals surface area (Å²) in [5.74, 6) is -0.939. The van der Waals surface area contributed by atoms with Crippen molar-refractivity contribution in [2.45, 2.75) is 38.8 Å². The number of nitrogens with one attached hydrogen (secondary N) is 1. The van der Waals surface area contributed by atoms with Crippen molar-refractivity contribution in [2.75, 3.05) is 13.1 Å². The van der Waals surface area contributed by atoms with Crippen LogP contribution in [0.4, 0.5) is 0 Å². The van der Waals surface area contributed by atoms with E-state index < -0.39 is 12.0 Å². The fraction of sp³-hybridized carbons (Fsp3) is 0.571. The van der Waals surface area contributed by atoms with E-state index in [1.165, 1.54) is 4.88 Å². The molecule has 0 aliphatic carbocycles. The summed E-state index contributed by atoms with van der Waals surface area (Å²) in [6.07, 6.45) is 2.48. The van der Waals surface area contributed by atoms with E-state index in [0.29, 0.717) is 19.5 Å². The van der Waals surface area contributed by atoms with Crippen molar-refractivity contribution in [2.24, 2.45) is 0 Å². The Labute approximate surface area is 122 Å². The van der Waals surface area contributed by atoms with Gasteiger partial charge in [-0.2, -0.15) is 0 Å². The molecule has 1 aromatic heterocycles. The van der Waals surface area contributed by atoms with Gasteiger partial charge in [0.2, 0.25) is 5.91 Å². The summed E-state index contributed by atoms with van der Waals surface area (Å²) in [5.41, 5.74) is 0. The van der Waals surface area contributed by atoms with Gasteiger partial charge < -0.3 is 10.4 Å². The number of aryl methyl sites for hydroxylation is 1. The normalized spacial score (nSPS) is 19.1. The molecular formula is C14H20N2O3S. The molecule has 20 heavy (non-hydrogen) atoms. The molecule has 0 bridgehead atoms. The lowest BCUT2D eigenvalue weighted by Crippen LogP contribution is -2.42. The molecule has 110 valence electrons. The molecule has 1 aliphatic heterocycles. The van der Waals surface area contributed by atoms with Gasteiger partial charge >= 0.3 is 5.97 Å². The summed E-state index contributed by atoms with van der Waals surface area (Å²) >= 11 is 1.70. The summed E-state index contributed by atoms with van der Waals surface area (Å²) in [4.78, 5) is 27.1. The Hall–Kier alpha value is -1.40. The quantitative estimate of drug-likeness (QED) is 0.834. The maximum Gasteiger partial charge on any atom is 0.320 e. The van der Waals surface area contributed by atoms with Crippen LogP contribution in [0.1, 0.15) is 29.5 Å². The number of carbonyl (C=O) groups excluding carboxylic acids is 1. The van der Waals surface area contributed by atoms with Crippen LogP contribution < -0.4 is 5.32 Å². The van der Waals surface area contributed by atoms with E-state index in [1.807, 2.05) is 6.07 Å². The van der Waals surface area contributed by atoms with E-state index in [2.05, 4.69) is 18.3 Å². The van der Waals surface area contributed by atoms with Crippen molar-refractivity contribution in [1.29, 1.82) is 0 Å². The SMILES string of the molecule is CCc1ccc(CNC(=O)CN2CCC[C@H]2C(=O)O)s1. The highest BCUT2D eigenvalue weighted by Crippen LogP contribution is 2.18. The van der Waals surface area contributed by atoms with Gasteiger partial charge in [-0.25, -0.2) is 0 Å². The molecule has 1 aromatic rings. The van der Waals surface area contributed by atoms with E-state index in [-0.39, 0.29) is 12.5 Å². The third-order valence-electron chi connectivity index (χ3n) is 3.52. The zero-order valence-corrected chi connectivity index (χ0v) is 12.4. The van der Waals surface area contributed by atoms with Gasteiger partial charge in [-0.05, 0) is 37.9 Å². The van der Waals surface area contributed by atoms with E-state index in [0.717, 1.165) is 17.7 Å². The molecule has 0 spiro atoms. The highest BCUT2D eigenvalue weighted by atomic mass is 32.1. The molecule has 2 rings (SSSR count). The average Bonchev–Trinajstić information content (AvgIpc) is 3.04. The van der Waals surface area contributed by atoms with Crippen LogP contribution in [0.25, 0.3) is 0 Å². The van der Waals surface area contributed by atoms with Crippen LogP contribution in [-0.4, -0.2) is 41.0 Å². The van der Waals surface area contributed by atoms with Crippen LogP contribution in [0, 0.1) is 0 Å². The van der Waals surface area contributed by atoms with Crippen molar-refractivity contribution < 1.29 is 14.7 Å². The Bertz CT molecular complexity index is 487. The van der Waals surface area contributed by atoms with E-state index in [1.54, 1.807) is 16.2 Å². The van der Waals surface area contributed by atoms with E-state index in [9.17, 15) is 9.59 Å². The van der Waals surface area contributed by atoms with Crippen LogP contribution in [0.2, 0.25) is 0 Å². The molecule has 1 amide bonds. The number of likely N-dealkylation sites (tertiary alicyclic amines) is 1. The van der Waals surface area contributed by atoms with Gasteiger partial charge in [-0.3, -0.25) is 14.5 Å². The monoisotopic (exact) mass is 296 g/mol. The summed E-state index contributed by atoms with van der Waals surface area (Å²) in [5, 5.41) is 11.9. The molecule has 1 aliphatic rings. The molecule has 0 aromatic carbocycles. The highest BCUT2D eigenvalue weighted by Gasteiger charge is 2.31. The van der Waals surface area contributed by atoms with Gasteiger partial charge in [0, 0.05) is 9.75 Å². The molecule has 1 fully saturated rings. The Kier molecular flexibility index (Phi) is 5.14. The minimum absolute atomic E-state index is 0.107. The molecule has 1 saturated heterocycles. The molecule has 0 unspecified atom stereocenters. The third kappa shape index (κ3) is 3.80. The predicted molar refractivity (Wildman–Crippen MR) is 77.8 cm³/mol. The van der Waals surface area contributed by atoms with E-state index >= 15 is 0 Å². The topological polar surface area (TPSA) is 69.6 Å². The maximum atomic E-state index is 11.9. The molecule has 2 N–H and O–H groups in total. The standard InChI is InChI=1S/C14H20N2O3S/c1-2-10-5-6-11(20-10)8-15-13(17)9-16-7-3-4-12(16)14(18)19/h5-6,12H,2-4,7-9H2,1H3,(H,15,17)(H,18,19)/t12-/m0/s1. The maximum absolute atomic E-state index is 11.9. The smallest absolute Gasteiger partial charge is 0.320 e. The minimum Gasteiger partial charge on any atom is -0.480 e. The summed E-state index contributed by atoms with van der Waals surface area (Å²) in [6, 6.07) is 3.60. The van der Waals surface area contributed by atoms with Gasteiger partial charge in [0.25, 0.3) is 0 Å². The van der Waals surface area contributed by atoms with Gasteiger partial charge in [0.05, 0.1) is 13.1 Å². The molecule has 5 nitrogen and oxygen atoms in total. The van der Waals surface area contributed by atoms with Gasteiger partial charge in [-0.1, -0.05) is 6.92 Å². The fourth-order valence-corrected chi connectivity index (χ4v) is 3.33. The lowest BCUT2D eigenvalue weighted by Gasteiger charge is -2.20. The number of amides is 1. The zero-order chi connectivity index (χ0) is 14.5. The third-order valence-corrected chi connectivity index (χ3v) is 4.75. The number of aliphatic carboxylic acids is 1. The minimum atomic E-state index is -0.832. The summed E-state index contributed by atoms with van der Waals surface area (Å²) < 4.78 is 0. The van der Waals surface area contributed by atoms with E-state index in [4.69, 9.17) is 5.11 Å². The number of hydrogen-bond acceptors (Lipinski definition) is 4. The second-order valence-electron chi connectivity index (χ2n) is 4.97. The van der Waals surface area contributed by atoms with Crippen LogP contribution in [0.15, 0.2) is 12.1 Å². The Balaban J connectivity index is 1.79. The second kappa shape index (κ2) is 6.85. The summed E-state index contributed by atoms with van der Waals surface area (Å²) in [6.45, 7) is 3.48. The number of carboxylic acid groups (broad SMARTS) is 1. The second-order valence-corrected chi connectivity index (χ2v) is 6.22. The highest BCUT2D eigenvalue weighted by molar-refractivity contribution is 7.11. The number of nitrogens with zero attached hydrogens (tertiary/aromatic N) is 1. The number of hydrogen-bond donors (Lipinski definition) is 2. The van der Waals surface area contributed by atoms with Crippen molar-refractivity contribution in [3.8, 4) is 0 Å². The lowest BCUT2D eigenvalue weighted by molar-refractivity contribution is -0.142. The van der Waals surface area contributed by atoms with Crippen molar-refractivity contribution in [3.63, 3.8) is 0 Å². The van der Waals surface area contributed by atoms with Crippen molar-refractivity contribution in [3.05, 3.63) is 21.9 Å². The van der Waals surface area contributed by atoms with Crippen LogP contribution >= 0.6 is 11.3 Å². The largest absolute Gasteiger partial charge is 0.480 e. The first-order valence-corrected chi connectivity index (χ1v) is 7.73. The molecular weight excluding hydrogens is 276 g/mol. The first kappa shape index (κ1) is 15.0. The number of thiophene rings is 1. The van der Waals surface area contributed by atoms with Crippen LogP contribution in [0.5, 0.6) is 0 Å². The Morgan fingerprint density at radius 3 is 2.85 bits per heavy atom. The van der Waals surface area contributed by atoms with Crippen LogP contribution in [0.3, 0.4) is 0 Å².